The molecule has 1 amide bonds. The SMILES string of the molecule is CC(=O)C1=C(/C=C/N(C)C)O[B-](F)(F)N=C1NC(=O)c1ccccc1. The Morgan fingerprint density at radius 3 is 2.44 bits per heavy atom. The topological polar surface area (TPSA) is 71.0 Å². The van der Waals surface area contributed by atoms with Crippen LogP contribution in [-0.2, 0) is 9.45 Å². The number of carbonyl (C=O) groups is 2. The molecule has 25 heavy (non-hydrogen) atoms. The standard InChI is InChI=1S/C16H17BF2N3O3/c1-11(23)14-13(9-10-22(2)3)25-17(18,19)21-15(14)20-16(24)12-7-5-4-6-8-12/h4-10H,1-3H3,(H,20,21,24)/q-1/b10-9+. The summed E-state index contributed by atoms with van der Waals surface area (Å²) in [7, 11) is -1.23. The third-order valence-corrected chi connectivity index (χ3v) is 3.18. The first-order chi connectivity index (χ1) is 11.7. The molecule has 0 aliphatic carbocycles. The van der Waals surface area contributed by atoms with Gasteiger partial charge in [0.2, 0.25) is 0 Å². The molecule has 0 saturated carbocycles. The van der Waals surface area contributed by atoms with Gasteiger partial charge in [0, 0.05) is 25.9 Å². The predicted octanol–water partition coefficient (Wildman–Crippen LogP) is 2.14. The summed E-state index contributed by atoms with van der Waals surface area (Å²) in [5.74, 6) is -2.06. The molecule has 1 aliphatic heterocycles. The van der Waals surface area contributed by atoms with E-state index in [-0.39, 0.29) is 16.9 Å². The average molecular weight is 348 g/mol. The Labute approximate surface area is 143 Å². The lowest BCUT2D eigenvalue weighted by Crippen LogP contribution is -2.42. The van der Waals surface area contributed by atoms with Crippen LogP contribution in [0.1, 0.15) is 17.3 Å². The molecule has 0 bridgehead atoms. The highest BCUT2D eigenvalue weighted by molar-refractivity contribution is 6.61. The monoisotopic (exact) mass is 348 g/mol. The Morgan fingerprint density at radius 1 is 1.24 bits per heavy atom. The third-order valence-electron chi connectivity index (χ3n) is 3.18. The second kappa shape index (κ2) is 7.29. The second-order valence-electron chi connectivity index (χ2n) is 5.55. The van der Waals surface area contributed by atoms with Crippen LogP contribution in [0, 0.1) is 0 Å². The Morgan fingerprint density at radius 2 is 1.88 bits per heavy atom. The molecule has 0 fully saturated rings. The van der Waals surface area contributed by atoms with Crippen molar-refractivity contribution >= 4 is 24.6 Å². The number of benzene rings is 1. The predicted molar refractivity (Wildman–Crippen MR) is 90.9 cm³/mol. The molecule has 0 aromatic heterocycles. The Balaban J connectivity index is 2.42. The number of nitrogens with one attached hydrogen (secondary N) is 1. The smallest absolute Gasteiger partial charge is 0.640 e. The molecule has 1 aliphatic rings. The molecule has 0 saturated heterocycles. The highest BCUT2D eigenvalue weighted by Gasteiger charge is 2.36. The number of ketones is 1. The first kappa shape index (κ1) is 18.4. The van der Waals surface area contributed by atoms with Crippen molar-refractivity contribution in [2.24, 2.45) is 4.90 Å². The fourth-order valence-corrected chi connectivity index (χ4v) is 2.11. The van der Waals surface area contributed by atoms with Crippen molar-refractivity contribution in [1.29, 1.82) is 0 Å². The summed E-state index contributed by atoms with van der Waals surface area (Å²) in [6.45, 7) is 1.18. The minimum atomic E-state index is -4.60. The van der Waals surface area contributed by atoms with Crippen LogP contribution in [-0.4, -0.2) is 43.6 Å². The molecule has 6 nitrogen and oxygen atoms in total. The van der Waals surface area contributed by atoms with Crippen LogP contribution in [0.2, 0.25) is 0 Å². The van der Waals surface area contributed by atoms with Crippen LogP contribution < -0.4 is 5.32 Å². The van der Waals surface area contributed by atoms with E-state index >= 15 is 0 Å². The Hall–Kier alpha value is -2.97. The summed E-state index contributed by atoms with van der Waals surface area (Å²) in [4.78, 5) is 28.9. The molecule has 1 aromatic carbocycles. The van der Waals surface area contributed by atoms with Gasteiger partial charge in [-0.05, 0) is 25.1 Å². The van der Waals surface area contributed by atoms with E-state index in [2.05, 4.69) is 14.9 Å². The normalized spacial score (nSPS) is 16.3. The van der Waals surface area contributed by atoms with Crippen LogP contribution >= 0.6 is 0 Å². The van der Waals surface area contributed by atoms with Gasteiger partial charge in [-0.25, -0.2) is 0 Å². The quantitative estimate of drug-likeness (QED) is 0.847. The zero-order valence-corrected chi connectivity index (χ0v) is 14.0. The van der Waals surface area contributed by atoms with Gasteiger partial charge in [0.1, 0.15) is 5.84 Å². The van der Waals surface area contributed by atoms with Crippen molar-refractivity contribution in [3.8, 4) is 0 Å². The molecule has 0 atom stereocenters. The van der Waals surface area contributed by atoms with Gasteiger partial charge in [-0.2, -0.15) is 0 Å². The highest BCUT2D eigenvalue weighted by atomic mass is 19.3. The van der Waals surface area contributed by atoms with E-state index in [1.807, 2.05) is 0 Å². The van der Waals surface area contributed by atoms with Gasteiger partial charge in [-0.1, -0.05) is 18.2 Å². The highest BCUT2D eigenvalue weighted by Crippen LogP contribution is 2.26. The number of hydrogen-bond donors (Lipinski definition) is 1. The van der Waals surface area contributed by atoms with Crippen molar-refractivity contribution in [3.63, 3.8) is 0 Å². The summed E-state index contributed by atoms with van der Waals surface area (Å²) in [5, 5.41) is 2.28. The molecular weight excluding hydrogens is 331 g/mol. The molecule has 1 heterocycles. The van der Waals surface area contributed by atoms with Crippen LogP contribution in [0.25, 0.3) is 0 Å². The maximum atomic E-state index is 13.8. The van der Waals surface area contributed by atoms with Gasteiger partial charge in [0.25, 0.3) is 5.91 Å². The number of rotatable bonds is 4. The molecule has 0 radical (unpaired) electrons. The molecule has 132 valence electrons. The number of halogens is 2. The summed E-state index contributed by atoms with van der Waals surface area (Å²) >= 11 is 0. The van der Waals surface area contributed by atoms with Gasteiger partial charge in [-0.15, -0.1) is 0 Å². The van der Waals surface area contributed by atoms with Gasteiger partial charge in [0.05, 0.1) is 11.3 Å². The summed E-state index contributed by atoms with van der Waals surface area (Å²) in [6.07, 6.45) is 2.68. The Kier molecular flexibility index (Phi) is 5.36. The van der Waals surface area contributed by atoms with E-state index in [9.17, 15) is 18.2 Å². The number of Topliss-reactive ketones (excluding diaryl/α,β-unsaturated/α-hetero) is 1. The first-order valence-corrected chi connectivity index (χ1v) is 7.45. The van der Waals surface area contributed by atoms with Crippen molar-refractivity contribution < 1.29 is 22.9 Å². The molecule has 9 heteroatoms. The molecule has 1 aromatic rings. The maximum Gasteiger partial charge on any atom is 0.640 e. The molecular formula is C16H17BF2N3O3-. The van der Waals surface area contributed by atoms with E-state index < -0.39 is 24.6 Å². The van der Waals surface area contributed by atoms with Crippen LogP contribution in [0.3, 0.4) is 0 Å². The number of nitrogens with zero attached hydrogens (tertiary/aromatic N) is 2. The largest absolute Gasteiger partial charge is 0.643 e. The zero-order chi connectivity index (χ0) is 18.6. The van der Waals surface area contributed by atoms with Gasteiger partial charge < -0.3 is 28.4 Å². The molecule has 1 N–H and O–H groups in total. The van der Waals surface area contributed by atoms with Crippen LogP contribution in [0.5, 0.6) is 0 Å². The number of amides is 1. The van der Waals surface area contributed by atoms with E-state index in [1.165, 1.54) is 31.3 Å². The lowest BCUT2D eigenvalue weighted by molar-refractivity contribution is -0.113. The fraction of sp³-hybridized carbons (Fsp3) is 0.188. The number of allylic oxidation sites excluding steroid dienone is 1. The Bertz CT molecular complexity index is 774. The van der Waals surface area contributed by atoms with Crippen LogP contribution in [0.15, 0.2) is 58.8 Å². The lowest BCUT2D eigenvalue weighted by atomic mass is 9.99. The summed E-state index contributed by atoms with van der Waals surface area (Å²) in [5.41, 5.74) is 0.0379. The van der Waals surface area contributed by atoms with Gasteiger partial charge >= 0.3 is 7.04 Å². The van der Waals surface area contributed by atoms with Gasteiger partial charge in [-0.3, -0.25) is 9.59 Å². The average Bonchev–Trinajstić information content (AvgIpc) is 2.52. The summed E-state index contributed by atoms with van der Waals surface area (Å²) < 4.78 is 32.2. The molecule has 0 unspecified atom stereocenters. The van der Waals surface area contributed by atoms with E-state index in [0.29, 0.717) is 0 Å². The van der Waals surface area contributed by atoms with E-state index in [0.717, 1.165) is 0 Å². The van der Waals surface area contributed by atoms with Crippen molar-refractivity contribution in [3.05, 3.63) is 59.5 Å². The van der Waals surface area contributed by atoms with Crippen molar-refractivity contribution in [2.75, 3.05) is 14.1 Å². The van der Waals surface area contributed by atoms with E-state index in [1.54, 1.807) is 37.2 Å². The van der Waals surface area contributed by atoms with E-state index in [4.69, 9.17) is 0 Å². The number of hydrogen-bond acceptors (Lipinski definition) is 5. The van der Waals surface area contributed by atoms with Crippen molar-refractivity contribution in [2.45, 2.75) is 6.92 Å². The van der Waals surface area contributed by atoms with Gasteiger partial charge in [0.15, 0.2) is 5.78 Å². The first-order valence-electron chi connectivity index (χ1n) is 7.45. The minimum Gasteiger partial charge on any atom is -0.643 e. The summed E-state index contributed by atoms with van der Waals surface area (Å²) in [6, 6.07) is 8.01. The molecule has 0 spiro atoms. The lowest BCUT2D eigenvalue weighted by Gasteiger charge is -2.31. The second-order valence-corrected chi connectivity index (χ2v) is 5.55. The number of amidine groups is 1. The molecule has 2 rings (SSSR count). The maximum absolute atomic E-state index is 13.8. The number of carbonyl (C=O) groups excluding carboxylic acids is 2. The minimum absolute atomic E-state index is 0.213. The van der Waals surface area contributed by atoms with Crippen LogP contribution in [0.4, 0.5) is 8.63 Å². The zero-order valence-electron chi connectivity index (χ0n) is 14.0. The third kappa shape index (κ3) is 4.76. The fourth-order valence-electron chi connectivity index (χ4n) is 2.11. The van der Waals surface area contributed by atoms with Crippen molar-refractivity contribution in [1.82, 2.24) is 10.2 Å².